The fourth-order valence-electron chi connectivity index (χ4n) is 5.91. The first-order valence-electron chi connectivity index (χ1n) is 14.4. The molecule has 3 aromatic heterocycles. The van der Waals surface area contributed by atoms with Crippen molar-refractivity contribution in [3.8, 4) is 44.9 Å². The molecule has 0 spiro atoms. The first kappa shape index (κ1) is 25.6. The molecule has 0 radical (unpaired) electrons. The average molecular weight is 571 g/mol. The van der Waals surface area contributed by atoms with E-state index in [0.717, 1.165) is 78.2 Å². The molecule has 3 aromatic carbocycles. The van der Waals surface area contributed by atoms with Crippen LogP contribution in [0, 0.1) is 0 Å². The van der Waals surface area contributed by atoms with Crippen molar-refractivity contribution < 1.29 is 10.2 Å². The summed E-state index contributed by atoms with van der Waals surface area (Å²) in [6.07, 6.45) is 8.14. The molecule has 0 aliphatic carbocycles. The number of hydrogen-bond donors (Lipinski definition) is 4. The normalized spacial score (nSPS) is 12.1. The van der Waals surface area contributed by atoms with Crippen LogP contribution in [-0.4, -0.2) is 30.1 Å². The Bertz CT molecular complexity index is 2280. The van der Waals surface area contributed by atoms with Gasteiger partial charge in [-0.05, 0) is 95.6 Å². The third-order valence-corrected chi connectivity index (χ3v) is 7.95. The summed E-state index contributed by atoms with van der Waals surface area (Å²) < 4.78 is 0. The van der Waals surface area contributed by atoms with Crippen LogP contribution in [0.15, 0.2) is 109 Å². The lowest BCUT2D eigenvalue weighted by Gasteiger charge is -2.06. The van der Waals surface area contributed by atoms with Gasteiger partial charge in [-0.25, -0.2) is 9.97 Å². The van der Waals surface area contributed by atoms with Gasteiger partial charge in [-0.2, -0.15) is 0 Å². The highest BCUT2D eigenvalue weighted by Gasteiger charge is 2.17. The van der Waals surface area contributed by atoms with Crippen molar-refractivity contribution in [1.29, 1.82) is 0 Å². The Balaban J connectivity index is 1.53. The van der Waals surface area contributed by atoms with Crippen LogP contribution in [0.1, 0.15) is 22.8 Å². The second-order valence-corrected chi connectivity index (χ2v) is 10.8. The zero-order chi connectivity index (χ0) is 29.6. The fourth-order valence-corrected chi connectivity index (χ4v) is 5.91. The molecule has 2 aliphatic heterocycles. The maximum atomic E-state index is 10.1. The number of hydrogen-bond acceptors (Lipinski definition) is 4. The zero-order valence-corrected chi connectivity index (χ0v) is 23.5. The van der Waals surface area contributed by atoms with Crippen LogP contribution in [0.2, 0.25) is 0 Å². The van der Waals surface area contributed by atoms with E-state index in [1.807, 2.05) is 78.9 Å². The molecule has 44 heavy (non-hydrogen) atoms. The van der Waals surface area contributed by atoms with Gasteiger partial charge in [0.05, 0.1) is 22.8 Å². The number of nitrogens with zero attached hydrogens (tertiary/aromatic N) is 2. The first-order chi connectivity index (χ1) is 21.6. The second kappa shape index (κ2) is 10.3. The molecule has 4 N–H and O–H groups in total. The van der Waals surface area contributed by atoms with E-state index in [2.05, 4.69) is 40.3 Å². The molecule has 0 atom stereocenters. The summed E-state index contributed by atoms with van der Waals surface area (Å²) in [5.41, 5.74) is 12.6. The first-order valence-corrected chi connectivity index (χ1v) is 14.4. The second-order valence-electron chi connectivity index (χ2n) is 10.8. The molecule has 6 aromatic rings. The van der Waals surface area contributed by atoms with Gasteiger partial charge in [0.1, 0.15) is 11.5 Å². The van der Waals surface area contributed by atoms with E-state index in [4.69, 9.17) is 9.97 Å². The molecule has 0 saturated carbocycles. The summed E-state index contributed by atoms with van der Waals surface area (Å²) in [6.45, 7) is 0. The van der Waals surface area contributed by atoms with Gasteiger partial charge in [0, 0.05) is 38.8 Å². The molecule has 0 saturated heterocycles. The van der Waals surface area contributed by atoms with Crippen LogP contribution >= 0.6 is 0 Å². The number of fused-ring (bicyclic) bond motifs is 8. The molecular weight excluding hydrogens is 544 g/mol. The minimum Gasteiger partial charge on any atom is -0.508 e. The summed E-state index contributed by atoms with van der Waals surface area (Å²) in [5.74, 6) is 0.403. The number of H-pyrrole nitrogens is 2. The molecule has 0 fully saturated rings. The van der Waals surface area contributed by atoms with Crippen LogP contribution in [0.5, 0.6) is 11.5 Å². The van der Waals surface area contributed by atoms with Gasteiger partial charge in [-0.1, -0.05) is 54.6 Å². The van der Waals surface area contributed by atoms with Crippen molar-refractivity contribution in [3.05, 3.63) is 132 Å². The minimum absolute atomic E-state index is 0.200. The number of benzene rings is 3. The Morgan fingerprint density at radius 2 is 0.909 bits per heavy atom. The van der Waals surface area contributed by atoms with Gasteiger partial charge in [-0.15, -0.1) is 0 Å². The summed E-state index contributed by atoms with van der Waals surface area (Å²) in [4.78, 5) is 17.5. The van der Waals surface area contributed by atoms with Crippen molar-refractivity contribution in [2.45, 2.75) is 0 Å². The Kier molecular flexibility index (Phi) is 5.98. The van der Waals surface area contributed by atoms with Gasteiger partial charge in [-0.3, -0.25) is 0 Å². The molecule has 6 nitrogen and oxygen atoms in total. The molecular formula is C38H26N4O2. The van der Waals surface area contributed by atoms with Gasteiger partial charge >= 0.3 is 0 Å². The van der Waals surface area contributed by atoms with Crippen LogP contribution in [0.4, 0.5) is 0 Å². The highest BCUT2D eigenvalue weighted by Crippen LogP contribution is 2.36. The van der Waals surface area contributed by atoms with Gasteiger partial charge in [0.2, 0.25) is 0 Å². The van der Waals surface area contributed by atoms with Crippen LogP contribution in [-0.2, 0) is 0 Å². The summed E-state index contributed by atoms with van der Waals surface area (Å²) in [7, 11) is 0. The van der Waals surface area contributed by atoms with Crippen molar-refractivity contribution in [2.75, 3.05) is 0 Å². The molecule has 210 valence electrons. The molecule has 6 heteroatoms. The van der Waals surface area contributed by atoms with Crippen LogP contribution < -0.4 is 0 Å². The third kappa shape index (κ3) is 4.55. The van der Waals surface area contributed by atoms with Gasteiger partial charge in [0.15, 0.2) is 0 Å². The number of aromatic nitrogens is 4. The van der Waals surface area contributed by atoms with Gasteiger partial charge < -0.3 is 20.2 Å². The van der Waals surface area contributed by atoms with E-state index in [1.165, 1.54) is 0 Å². The third-order valence-electron chi connectivity index (χ3n) is 7.95. The van der Waals surface area contributed by atoms with E-state index < -0.39 is 0 Å². The van der Waals surface area contributed by atoms with Crippen LogP contribution in [0.3, 0.4) is 0 Å². The molecule has 8 rings (SSSR count). The highest BCUT2D eigenvalue weighted by atomic mass is 16.3. The molecule has 0 unspecified atom stereocenters. The lowest BCUT2D eigenvalue weighted by Crippen LogP contribution is -1.88. The number of nitrogens with one attached hydrogen (secondary N) is 2. The number of aromatic hydroxyl groups is 2. The number of aromatic amines is 2. The zero-order valence-electron chi connectivity index (χ0n) is 23.5. The van der Waals surface area contributed by atoms with Gasteiger partial charge in [0.25, 0.3) is 0 Å². The summed E-state index contributed by atoms with van der Waals surface area (Å²) in [6, 6.07) is 34.9. The Labute approximate surface area is 253 Å². The minimum atomic E-state index is 0.200. The highest BCUT2D eigenvalue weighted by molar-refractivity contribution is 5.97. The SMILES string of the molecule is Oc1ccc(-c2c3nc(c(-c4ccc(O)cc4)c4ccc([nH]4)c(-c4ccccc4)c4nc(cc5ccc2[nH]5)C=C4)C=C3)cc1. The molecule has 0 amide bonds. The maximum absolute atomic E-state index is 10.1. The number of phenols is 2. The summed E-state index contributed by atoms with van der Waals surface area (Å²) in [5, 5.41) is 20.1. The summed E-state index contributed by atoms with van der Waals surface area (Å²) >= 11 is 0. The van der Waals surface area contributed by atoms with E-state index >= 15 is 0 Å². The quantitative estimate of drug-likeness (QED) is 0.170. The Hall–Kier alpha value is -6.14. The lowest BCUT2D eigenvalue weighted by molar-refractivity contribution is 0.475. The molecule has 5 heterocycles. The molecule has 2 aliphatic rings. The average Bonchev–Trinajstić information content (AvgIpc) is 3.87. The molecule has 8 bridgehead atoms. The predicted molar refractivity (Wildman–Crippen MR) is 178 cm³/mol. The van der Waals surface area contributed by atoms with Crippen molar-refractivity contribution >= 4 is 46.4 Å². The van der Waals surface area contributed by atoms with E-state index in [9.17, 15) is 10.2 Å². The smallest absolute Gasteiger partial charge is 0.115 e. The van der Waals surface area contributed by atoms with E-state index in [0.29, 0.717) is 0 Å². The largest absolute Gasteiger partial charge is 0.508 e. The van der Waals surface area contributed by atoms with E-state index in [1.54, 1.807) is 24.3 Å². The standard InChI is InChI=1S/C38H26N4O2/c43-28-12-6-24(7-13-28)37-31-17-11-27(40-31)22-26-10-16-30(39-26)36(23-4-2-1-3-5-23)32-18-20-34(41-32)38(35-21-19-33(37)42-35)25-8-14-29(44)15-9-25/h1-22,40-41,43-44H. The Morgan fingerprint density at radius 1 is 0.432 bits per heavy atom. The fraction of sp³-hybridized carbons (Fsp3) is 0. The van der Waals surface area contributed by atoms with Crippen molar-refractivity contribution in [2.24, 2.45) is 0 Å². The maximum Gasteiger partial charge on any atom is 0.115 e. The lowest BCUT2D eigenvalue weighted by atomic mass is 10.0. The monoisotopic (exact) mass is 570 g/mol. The number of phenolic OH excluding ortho intramolecular Hbond substituents is 2. The van der Waals surface area contributed by atoms with Crippen molar-refractivity contribution in [3.63, 3.8) is 0 Å². The Morgan fingerprint density at radius 3 is 1.50 bits per heavy atom. The van der Waals surface area contributed by atoms with E-state index in [-0.39, 0.29) is 11.5 Å². The predicted octanol–water partition coefficient (Wildman–Crippen LogP) is 9.07. The topological polar surface area (TPSA) is 97.8 Å². The van der Waals surface area contributed by atoms with Crippen LogP contribution in [0.25, 0.3) is 79.8 Å². The number of rotatable bonds is 3. The van der Waals surface area contributed by atoms with Crippen molar-refractivity contribution in [1.82, 2.24) is 19.9 Å².